The van der Waals surface area contributed by atoms with Gasteiger partial charge in [0.2, 0.25) is 0 Å². The number of allylic oxidation sites excluding steroid dienone is 12. The lowest BCUT2D eigenvalue weighted by atomic mass is 10.0. The smallest absolute Gasteiger partial charge is 0.306 e. The van der Waals surface area contributed by atoms with Crippen LogP contribution in [0, 0.1) is 0 Å². The Hall–Kier alpha value is -3.15. The Labute approximate surface area is 395 Å². The summed E-state index contributed by atoms with van der Waals surface area (Å²) in [6, 6.07) is 0. The Balaban J connectivity index is 4.42. The van der Waals surface area contributed by atoms with Crippen LogP contribution in [0.5, 0.6) is 0 Å². The molecule has 0 fully saturated rings. The molecule has 0 aliphatic carbocycles. The van der Waals surface area contributed by atoms with Gasteiger partial charge in [-0.2, -0.15) is 0 Å². The van der Waals surface area contributed by atoms with E-state index in [9.17, 15) is 14.4 Å². The summed E-state index contributed by atoms with van der Waals surface area (Å²) in [6.45, 7) is 6.43. The largest absolute Gasteiger partial charge is 0.462 e. The molecule has 0 aliphatic rings. The number of carbonyl (C=O) groups is 3. The van der Waals surface area contributed by atoms with Gasteiger partial charge < -0.3 is 14.2 Å². The lowest BCUT2D eigenvalue weighted by Gasteiger charge is -2.18. The van der Waals surface area contributed by atoms with E-state index in [4.69, 9.17) is 14.2 Å². The van der Waals surface area contributed by atoms with Crippen molar-refractivity contribution in [3.05, 3.63) is 72.9 Å². The summed E-state index contributed by atoms with van der Waals surface area (Å²) in [5.41, 5.74) is 0. The predicted molar refractivity (Wildman–Crippen MR) is 274 cm³/mol. The maximum Gasteiger partial charge on any atom is 0.306 e. The molecule has 0 aliphatic heterocycles. The minimum atomic E-state index is -0.804. The molecule has 6 nitrogen and oxygen atoms in total. The van der Waals surface area contributed by atoms with Gasteiger partial charge in [-0.25, -0.2) is 0 Å². The van der Waals surface area contributed by atoms with Gasteiger partial charge in [0.1, 0.15) is 13.2 Å². The van der Waals surface area contributed by atoms with Gasteiger partial charge >= 0.3 is 17.9 Å². The van der Waals surface area contributed by atoms with Crippen molar-refractivity contribution in [3.63, 3.8) is 0 Å². The fourth-order valence-electron chi connectivity index (χ4n) is 7.53. The van der Waals surface area contributed by atoms with Crippen LogP contribution >= 0.6 is 0 Å². The first-order valence-electron chi connectivity index (χ1n) is 27.0. The number of hydrogen-bond acceptors (Lipinski definition) is 6. The van der Waals surface area contributed by atoms with Crippen LogP contribution in [-0.2, 0) is 28.6 Å². The summed E-state index contributed by atoms with van der Waals surface area (Å²) in [4.78, 5) is 38.0. The van der Waals surface area contributed by atoms with E-state index < -0.39 is 6.10 Å². The lowest BCUT2D eigenvalue weighted by molar-refractivity contribution is -0.167. The first-order chi connectivity index (χ1) is 31.5. The van der Waals surface area contributed by atoms with E-state index in [1.807, 2.05) is 54.7 Å². The number of rotatable bonds is 48. The van der Waals surface area contributed by atoms with Gasteiger partial charge in [-0.05, 0) is 57.8 Å². The Morgan fingerprint density at radius 3 is 1.06 bits per heavy atom. The van der Waals surface area contributed by atoms with E-state index in [-0.39, 0.29) is 37.5 Å². The number of carbonyl (C=O) groups excluding carboxylic acids is 3. The molecule has 0 bridgehead atoms. The monoisotopic (exact) mass is 893 g/mol. The van der Waals surface area contributed by atoms with E-state index in [2.05, 4.69) is 39.0 Å². The molecule has 64 heavy (non-hydrogen) atoms. The van der Waals surface area contributed by atoms with Crippen molar-refractivity contribution in [2.75, 3.05) is 13.2 Å². The summed E-state index contributed by atoms with van der Waals surface area (Å²) in [6.07, 6.45) is 66.1. The van der Waals surface area contributed by atoms with E-state index in [1.165, 1.54) is 161 Å². The zero-order chi connectivity index (χ0) is 46.5. The predicted octanol–water partition coefficient (Wildman–Crippen LogP) is 17.8. The number of esters is 3. The molecular weight excluding hydrogens is 793 g/mol. The van der Waals surface area contributed by atoms with Crippen molar-refractivity contribution in [1.82, 2.24) is 0 Å². The molecule has 6 heteroatoms. The normalized spacial score (nSPS) is 12.6. The molecule has 0 N–H and O–H groups in total. The first-order valence-corrected chi connectivity index (χ1v) is 27.0. The van der Waals surface area contributed by atoms with Gasteiger partial charge in [0.05, 0.1) is 0 Å². The molecule has 0 amide bonds. The van der Waals surface area contributed by atoms with Crippen LogP contribution in [0.1, 0.15) is 258 Å². The Kier molecular flexibility index (Phi) is 49.9. The second-order valence-corrected chi connectivity index (χ2v) is 17.9. The van der Waals surface area contributed by atoms with E-state index >= 15 is 0 Å². The molecule has 0 rings (SSSR count). The summed E-state index contributed by atoms with van der Waals surface area (Å²) in [7, 11) is 0. The summed E-state index contributed by atoms with van der Waals surface area (Å²) in [5.74, 6) is -0.973. The SMILES string of the molecule is CC\C=C/C=C\C=C/C=C\C=C/CCCC(=O)OCC(COC(=O)CCCCCCCCCCCCCCCCCCCC)OC(=O)CCCCCCCCC/C=C\CCCCCC. The zero-order valence-electron chi connectivity index (χ0n) is 42.0. The van der Waals surface area contributed by atoms with Crippen molar-refractivity contribution in [2.45, 2.75) is 264 Å². The molecule has 0 aromatic heterocycles. The highest BCUT2D eigenvalue weighted by atomic mass is 16.6. The third-order valence-corrected chi connectivity index (χ3v) is 11.6. The fraction of sp³-hybridized carbons (Fsp3) is 0.741. The van der Waals surface area contributed by atoms with Crippen LogP contribution < -0.4 is 0 Å². The topological polar surface area (TPSA) is 78.9 Å². The molecule has 1 atom stereocenters. The van der Waals surface area contributed by atoms with Crippen molar-refractivity contribution in [2.24, 2.45) is 0 Å². The molecule has 0 radical (unpaired) electrons. The minimum Gasteiger partial charge on any atom is -0.462 e. The van der Waals surface area contributed by atoms with Gasteiger partial charge in [0.25, 0.3) is 0 Å². The molecule has 0 heterocycles. The highest BCUT2D eigenvalue weighted by molar-refractivity contribution is 5.71. The van der Waals surface area contributed by atoms with Crippen molar-refractivity contribution in [1.29, 1.82) is 0 Å². The molecule has 0 aromatic rings. The van der Waals surface area contributed by atoms with Crippen LogP contribution in [0.2, 0.25) is 0 Å². The number of unbranched alkanes of at least 4 members (excludes halogenated alkanes) is 29. The molecule has 0 saturated carbocycles. The van der Waals surface area contributed by atoms with Crippen LogP contribution in [-0.4, -0.2) is 37.2 Å². The van der Waals surface area contributed by atoms with Gasteiger partial charge in [-0.1, -0.05) is 254 Å². The lowest BCUT2D eigenvalue weighted by Crippen LogP contribution is -2.30. The second-order valence-electron chi connectivity index (χ2n) is 17.9. The Morgan fingerprint density at radius 1 is 0.328 bits per heavy atom. The third kappa shape index (κ3) is 49.9. The average Bonchev–Trinajstić information content (AvgIpc) is 3.29. The molecule has 0 aromatic carbocycles. The Bertz CT molecular complexity index is 1210. The van der Waals surface area contributed by atoms with Gasteiger partial charge in [-0.3, -0.25) is 14.4 Å². The fourth-order valence-corrected chi connectivity index (χ4v) is 7.53. The molecule has 0 saturated heterocycles. The highest BCUT2D eigenvalue weighted by Crippen LogP contribution is 2.16. The molecule has 1 unspecified atom stereocenters. The van der Waals surface area contributed by atoms with E-state index in [0.29, 0.717) is 19.3 Å². The molecule has 0 spiro atoms. The van der Waals surface area contributed by atoms with Crippen LogP contribution in [0.3, 0.4) is 0 Å². The minimum absolute atomic E-state index is 0.0975. The standard InChI is InChI=1S/C58H100O6/c1-4-7-10-13-16-19-22-25-27-28-29-31-33-36-39-42-45-48-51-57(60)63-54-55(53-62-56(59)50-47-44-41-38-35-32-24-21-18-15-12-9-6-3)64-58(61)52-49-46-43-40-37-34-30-26-23-20-17-14-11-8-5-2/h9,12,15,18,20-21,23-24,32,35,38,41,55H,4-8,10-11,13-14,16-17,19,22,25-31,33-34,36-37,39-40,42-54H2,1-3H3/b12-9-,18-15-,23-20-,24-21-,35-32-,41-38-. The van der Waals surface area contributed by atoms with Crippen molar-refractivity contribution < 1.29 is 28.6 Å². The second kappa shape index (κ2) is 52.5. The van der Waals surface area contributed by atoms with E-state index in [1.54, 1.807) is 0 Å². The molecular formula is C58H100O6. The average molecular weight is 893 g/mol. The summed E-state index contributed by atoms with van der Waals surface area (Å²) < 4.78 is 16.8. The maximum atomic E-state index is 12.8. The van der Waals surface area contributed by atoms with E-state index in [0.717, 1.165) is 51.4 Å². The number of ether oxygens (including phenoxy) is 3. The zero-order valence-corrected chi connectivity index (χ0v) is 42.0. The van der Waals surface area contributed by atoms with Crippen LogP contribution in [0.25, 0.3) is 0 Å². The summed E-state index contributed by atoms with van der Waals surface area (Å²) >= 11 is 0. The summed E-state index contributed by atoms with van der Waals surface area (Å²) in [5, 5.41) is 0. The van der Waals surface area contributed by atoms with Crippen LogP contribution in [0.15, 0.2) is 72.9 Å². The van der Waals surface area contributed by atoms with Crippen molar-refractivity contribution in [3.8, 4) is 0 Å². The number of hydrogen-bond donors (Lipinski definition) is 0. The Morgan fingerprint density at radius 2 is 0.641 bits per heavy atom. The quantitative estimate of drug-likeness (QED) is 0.0199. The molecule has 368 valence electrons. The maximum absolute atomic E-state index is 12.8. The third-order valence-electron chi connectivity index (χ3n) is 11.6. The highest BCUT2D eigenvalue weighted by Gasteiger charge is 2.19. The van der Waals surface area contributed by atoms with Gasteiger partial charge in [0, 0.05) is 19.3 Å². The first kappa shape index (κ1) is 60.9. The van der Waals surface area contributed by atoms with Crippen LogP contribution in [0.4, 0.5) is 0 Å². The van der Waals surface area contributed by atoms with Crippen molar-refractivity contribution >= 4 is 17.9 Å². The van der Waals surface area contributed by atoms with Gasteiger partial charge in [-0.15, -0.1) is 0 Å². The van der Waals surface area contributed by atoms with Gasteiger partial charge in [0.15, 0.2) is 6.10 Å².